The molecule has 0 bridgehead atoms. The molecule has 4 aliphatic rings. The fourth-order valence-electron chi connectivity index (χ4n) is 20.2. The van der Waals surface area contributed by atoms with E-state index in [-0.39, 0.29) is 97.5 Å². The van der Waals surface area contributed by atoms with Crippen LogP contribution in [0.1, 0.15) is 199 Å². The van der Waals surface area contributed by atoms with Gasteiger partial charge in [-0.3, -0.25) is 0 Å². The molecule has 0 saturated carbocycles. The van der Waals surface area contributed by atoms with Gasteiger partial charge in [-0.05, 0) is 261 Å². The number of fused-ring (bicyclic) bond motifs is 16. The fraction of sp³-hybridized carbons (Fsp3) is 0.256. The van der Waals surface area contributed by atoms with Crippen LogP contribution in [0.5, 0.6) is 23.0 Å². The molecule has 4 heterocycles. The summed E-state index contributed by atoms with van der Waals surface area (Å²) >= 11 is 0. The maximum atomic E-state index is 14.8. The van der Waals surface area contributed by atoms with Gasteiger partial charge >= 0.3 is 0 Å². The third kappa shape index (κ3) is 19.3. The maximum Gasteiger partial charge on any atom is 0.161 e. The monoisotopic (exact) mass is 2490 g/mol. The van der Waals surface area contributed by atoms with Gasteiger partial charge in [0.05, 0.1) is 31.8 Å². The molecule has 0 aliphatic heterocycles. The van der Waals surface area contributed by atoms with Crippen molar-refractivity contribution < 1.29 is 108 Å². The van der Waals surface area contributed by atoms with Gasteiger partial charge in [0.1, 0.15) is 0 Å². The summed E-state index contributed by atoms with van der Waals surface area (Å²) in [5.74, 6) is 3.04. The summed E-state index contributed by atoms with van der Waals surface area (Å²) in [6.07, 6.45) is 20.8. The molecule has 1 spiro atoms. The Balaban J connectivity index is 0.000000155. The summed E-state index contributed by atoms with van der Waals surface area (Å²) in [5, 5.41) is 9.22. The zero-order valence-electron chi connectivity index (χ0n) is 78.7. The van der Waals surface area contributed by atoms with E-state index >= 15 is 0 Å². The average Bonchev–Trinajstić information content (AvgIpc) is 1.51. The van der Waals surface area contributed by atoms with Crippen molar-refractivity contribution in [2.24, 2.45) is 0 Å². The minimum absolute atomic E-state index is 0. The molecular weight excluding hydrogens is 2380 g/mol. The SMILES string of the molecule is CCCCCOc1cc2c(cc1OCCCCC)C1(c3ccccc3-c3cc(-c4cc[c-]c(-c5nccc6ccccc56)c4)ccc31)c1cc(C)c(C)cc1-2.CCCCCOc1ccc(-c2cc[c-]c(-c3nccc4ccccc34)c2)cc1OCCCCC.Cc1c[c-]c2c(c1F)C(C)(C)c1cccc3ccnc-2c13.Cc1ccc2c3c(nccc13)-c1[c-]ccc(F)c1C2(C)C.[Ir].[Ir].[Ir].[Ir]. The molecule has 1 unspecified atom stereocenters. The van der Waals surface area contributed by atoms with Crippen LogP contribution in [0.3, 0.4) is 0 Å². The van der Waals surface area contributed by atoms with E-state index in [0.29, 0.717) is 36.5 Å². The largest absolute Gasteiger partial charge is 0.490 e. The van der Waals surface area contributed by atoms with Crippen molar-refractivity contribution in [3.05, 3.63) is 370 Å². The van der Waals surface area contributed by atoms with Crippen molar-refractivity contribution in [3.8, 4) is 113 Å². The van der Waals surface area contributed by atoms with E-state index in [0.717, 1.165) is 181 Å². The molecule has 0 N–H and O–H groups in total. The van der Waals surface area contributed by atoms with Gasteiger partial charge < -0.3 is 38.9 Å². The second-order valence-electron chi connectivity index (χ2n) is 36.4. The zero-order valence-corrected chi connectivity index (χ0v) is 88.3. The van der Waals surface area contributed by atoms with E-state index < -0.39 is 10.8 Å². The second kappa shape index (κ2) is 43.7. The van der Waals surface area contributed by atoms with E-state index in [2.05, 4.69) is 297 Å². The Bertz CT molecular complexity index is 7180. The van der Waals surface area contributed by atoms with Crippen LogP contribution in [-0.2, 0) is 96.7 Å². The second-order valence-corrected chi connectivity index (χ2v) is 36.4. The quantitative estimate of drug-likeness (QED) is 0.0437. The van der Waals surface area contributed by atoms with Crippen LogP contribution in [0, 0.1) is 63.6 Å². The number of hydrogen-bond donors (Lipinski definition) is 0. The van der Waals surface area contributed by atoms with Crippen LogP contribution < -0.4 is 18.9 Å². The Morgan fingerprint density at radius 2 is 0.756 bits per heavy atom. The molecule has 0 fully saturated rings. The summed E-state index contributed by atoms with van der Waals surface area (Å²) < 4.78 is 54.8. The summed E-state index contributed by atoms with van der Waals surface area (Å²) in [7, 11) is 0. The summed E-state index contributed by atoms with van der Waals surface area (Å²) in [6.45, 7) is 28.3. The van der Waals surface area contributed by atoms with E-state index in [4.69, 9.17) is 23.9 Å². The Kier molecular flexibility index (Phi) is 32.4. The first kappa shape index (κ1) is 100. The number of ether oxygens (including phenoxy) is 4. The fourth-order valence-corrected chi connectivity index (χ4v) is 20.2. The number of rotatable bonds is 24. The van der Waals surface area contributed by atoms with Crippen LogP contribution in [-0.4, -0.2) is 46.4 Å². The number of pyridine rings is 4. The Morgan fingerprint density at radius 1 is 0.311 bits per heavy atom. The van der Waals surface area contributed by atoms with Crippen molar-refractivity contribution in [1.29, 1.82) is 0 Å². The van der Waals surface area contributed by atoms with Gasteiger partial charge in [0.2, 0.25) is 0 Å². The summed E-state index contributed by atoms with van der Waals surface area (Å²) in [5.41, 5.74) is 28.9. The Labute approximate surface area is 849 Å². The van der Waals surface area contributed by atoms with E-state index in [1.165, 1.54) is 115 Å². The normalized spacial score (nSPS) is 13.5. The molecule has 0 saturated heterocycles. The van der Waals surface area contributed by atoms with E-state index in [1.54, 1.807) is 31.5 Å². The van der Waals surface area contributed by atoms with Crippen molar-refractivity contribution in [1.82, 2.24) is 19.9 Å². The van der Waals surface area contributed by atoms with Crippen molar-refractivity contribution in [3.63, 3.8) is 0 Å². The molecular formula is C121H112F2Ir4N4O4-4. The van der Waals surface area contributed by atoms with Gasteiger partial charge in [0.25, 0.3) is 0 Å². The molecule has 17 aromatic rings. The molecule has 135 heavy (non-hydrogen) atoms. The van der Waals surface area contributed by atoms with Crippen molar-refractivity contribution in [2.75, 3.05) is 26.4 Å². The van der Waals surface area contributed by atoms with Gasteiger partial charge in [-0.2, -0.15) is 0 Å². The number of benzene rings is 13. The van der Waals surface area contributed by atoms with Crippen molar-refractivity contribution >= 4 is 43.1 Å². The van der Waals surface area contributed by atoms with Gasteiger partial charge in [-0.1, -0.05) is 264 Å². The topological polar surface area (TPSA) is 88.5 Å². The van der Waals surface area contributed by atoms with Crippen molar-refractivity contribution in [2.45, 2.75) is 176 Å². The Hall–Kier alpha value is -10.8. The van der Waals surface area contributed by atoms with Gasteiger partial charge in [0, 0.05) is 117 Å². The van der Waals surface area contributed by atoms with E-state index in [1.807, 2.05) is 54.9 Å². The number of hydrogen-bond acceptors (Lipinski definition) is 8. The van der Waals surface area contributed by atoms with Gasteiger partial charge in [-0.15, -0.1) is 112 Å². The molecule has 694 valence electrons. The van der Waals surface area contributed by atoms with Gasteiger partial charge in [0.15, 0.2) is 23.0 Å². The minimum atomic E-state index is -0.488. The first-order valence-corrected chi connectivity index (χ1v) is 47.0. The predicted octanol–water partition coefficient (Wildman–Crippen LogP) is 31.5. The third-order valence-electron chi connectivity index (χ3n) is 27.2. The maximum absolute atomic E-state index is 14.8. The van der Waals surface area contributed by atoms with Crippen LogP contribution in [0.4, 0.5) is 8.78 Å². The van der Waals surface area contributed by atoms with Crippen LogP contribution >= 0.6 is 0 Å². The summed E-state index contributed by atoms with van der Waals surface area (Å²) in [4.78, 5) is 18.5. The molecule has 4 aliphatic carbocycles. The molecule has 13 aromatic carbocycles. The number of aryl methyl sites for hydroxylation is 4. The smallest absolute Gasteiger partial charge is 0.161 e. The van der Waals surface area contributed by atoms with Gasteiger partial charge in [-0.25, -0.2) is 8.78 Å². The molecule has 21 rings (SSSR count). The van der Waals surface area contributed by atoms with Crippen LogP contribution in [0.25, 0.3) is 133 Å². The molecule has 1 atom stereocenters. The average molecular weight is 2490 g/mol. The Morgan fingerprint density at radius 3 is 1.38 bits per heavy atom. The number of unbranched alkanes of at least 4 members (excludes halogenated alkanes) is 8. The standard InChI is InChI=1S/C52H48NO2.C31H34NO2.2C19H15FN.4Ir/c1-5-7-13-26-54-49-32-44-42-28-34(3)35(4)29-47(42)52(48(44)33-50(49)55-27-14-8-6-2)45-21-12-11-20-41(45)43-31-38(22-23-46(43)52)37-17-15-18-39(30-37)51-40-19-10-9-16-36(40)24-25-53-51;1-3-5-9-20-33-29-17-16-26(23-30(29)34-21-10-6-4-2)25-13-11-14-27(22-25)31-28-15-8-7-12-24(28)18-19-32-31;1-11-7-8-14-16-12(11)9-10-21-18(16)13-5-4-6-15(20)17(13)19(14,2)3;1-11-7-8-13-16(17(11)20)19(2,3)14-6-4-5-12-9-10-21-18(13)15(12)14;;;;/h9-12,15-17,19-25,28-33H,5-8,13-14,26-27H2,1-4H3;7-8,11-13,15-19,22-23H,3-6,9-10,20-21H2,1-2H3;4,6-10H,1-3H3;4-7,9-10H,1-3H3;;;;/q4*-1;;;;. The molecule has 0 amide bonds. The molecule has 14 heteroatoms. The minimum Gasteiger partial charge on any atom is -0.490 e. The predicted molar refractivity (Wildman–Crippen MR) is 534 cm³/mol. The molecule has 4 aromatic heterocycles. The number of nitrogens with zero attached hydrogens (tertiary/aromatic N) is 4. The summed E-state index contributed by atoms with van der Waals surface area (Å²) in [6, 6.07) is 98.1. The molecule has 8 nitrogen and oxygen atoms in total. The number of halogens is 2. The first-order chi connectivity index (χ1) is 63.8. The van der Waals surface area contributed by atoms with Crippen LogP contribution in [0.2, 0.25) is 0 Å². The van der Waals surface area contributed by atoms with E-state index in [9.17, 15) is 8.78 Å². The van der Waals surface area contributed by atoms with Crippen LogP contribution in [0.15, 0.2) is 267 Å². The third-order valence-corrected chi connectivity index (χ3v) is 27.2. The first-order valence-electron chi connectivity index (χ1n) is 47.0. The molecule has 4 radical (unpaired) electrons. The zero-order chi connectivity index (χ0) is 90.7. The number of aromatic nitrogens is 4.